The van der Waals surface area contributed by atoms with Crippen LogP contribution in [-0.2, 0) is 19.2 Å². The predicted molar refractivity (Wildman–Crippen MR) is 79.1 cm³/mol. The van der Waals surface area contributed by atoms with E-state index < -0.39 is 58.1 Å². The number of nitrogens with zero attached hydrogens (tertiary/aromatic N) is 2. The molecule has 0 aliphatic carbocycles. The van der Waals surface area contributed by atoms with Crippen molar-refractivity contribution < 1.29 is 69.2 Å². The summed E-state index contributed by atoms with van der Waals surface area (Å²) in [5.74, 6) is -5.97. The Morgan fingerprint density at radius 2 is 1.54 bits per heavy atom. The third-order valence-corrected chi connectivity index (χ3v) is 4.49. The number of thioether (sulfide) groups is 2. The zero-order chi connectivity index (χ0) is 19.1. The maximum atomic E-state index is 11.5. The summed E-state index contributed by atoms with van der Waals surface area (Å²) in [6, 6.07) is 0. The Morgan fingerprint density at radius 1 is 1.00 bits per heavy atom. The van der Waals surface area contributed by atoms with E-state index in [4.69, 9.17) is 15.3 Å². The van der Waals surface area contributed by atoms with Crippen molar-refractivity contribution in [3.05, 3.63) is 10.5 Å². The third kappa shape index (κ3) is 8.66. The fraction of sp³-hybridized carbons (Fsp3) is 0.364. The number of carbonyl (C=O) groups is 4. The average Bonchev–Trinajstić information content (AvgIpc) is 2.44. The molecule has 0 aliphatic rings. The molecule has 0 radical (unpaired) electrons. The van der Waals surface area contributed by atoms with Gasteiger partial charge in [-0.2, -0.15) is 9.97 Å². The summed E-state index contributed by atoms with van der Waals surface area (Å²) >= 11 is 0.790. The van der Waals surface area contributed by atoms with Crippen LogP contribution in [0.3, 0.4) is 0 Å². The van der Waals surface area contributed by atoms with Crippen molar-refractivity contribution in [2.24, 2.45) is 0 Å². The van der Waals surface area contributed by atoms with E-state index in [9.17, 15) is 29.1 Å². The molecule has 1 heterocycles. The van der Waals surface area contributed by atoms with Crippen LogP contribution in [0.15, 0.2) is 15.1 Å². The molecule has 0 bridgehead atoms. The van der Waals surface area contributed by atoms with Crippen LogP contribution in [0.4, 0.5) is 0 Å². The van der Waals surface area contributed by atoms with Crippen LogP contribution in [0.5, 0.6) is 0 Å². The molecule has 26 heavy (non-hydrogen) atoms. The molecule has 2 atom stereocenters. The van der Waals surface area contributed by atoms with E-state index >= 15 is 0 Å². The number of carboxylic acids is 4. The molecule has 1 aromatic heterocycles. The summed E-state index contributed by atoms with van der Waals surface area (Å²) in [5, 5.41) is 33.4. The zero-order valence-electron chi connectivity index (χ0n) is 13.1. The SMILES string of the molecule is O=C([O-])CC(Sc1nc(SC(CC(=O)O)C(=O)O)nc(=O)[nH]1)C(=O)O.[Na+]. The molecule has 0 saturated carbocycles. The van der Waals surface area contributed by atoms with Gasteiger partial charge in [0.2, 0.25) is 0 Å². The van der Waals surface area contributed by atoms with Gasteiger partial charge in [-0.15, -0.1) is 0 Å². The smallest absolute Gasteiger partial charge is 0.550 e. The first-order chi connectivity index (χ1) is 11.6. The molecular weight excluding hydrogens is 405 g/mol. The molecule has 136 valence electrons. The van der Waals surface area contributed by atoms with Crippen LogP contribution in [0.2, 0.25) is 0 Å². The van der Waals surface area contributed by atoms with Crippen LogP contribution < -0.4 is 40.4 Å². The fourth-order valence-corrected chi connectivity index (χ4v) is 3.18. The Balaban J connectivity index is 0.00000625. The number of H-pyrrole nitrogens is 1. The van der Waals surface area contributed by atoms with E-state index in [0.29, 0.717) is 23.5 Å². The predicted octanol–water partition coefficient (Wildman–Crippen LogP) is -5.13. The molecular formula is C11H10N3NaO9S2. The van der Waals surface area contributed by atoms with Crippen molar-refractivity contribution in [2.75, 3.05) is 0 Å². The van der Waals surface area contributed by atoms with Gasteiger partial charge in [0, 0.05) is 12.4 Å². The number of hydrogen-bond acceptors (Lipinski definition) is 10. The zero-order valence-corrected chi connectivity index (χ0v) is 16.7. The Kier molecular flexibility index (Phi) is 10.5. The summed E-state index contributed by atoms with van der Waals surface area (Å²) in [6.45, 7) is 0. The minimum absolute atomic E-state index is 0. The first-order valence-electron chi connectivity index (χ1n) is 6.27. The van der Waals surface area contributed by atoms with E-state index in [2.05, 4.69) is 15.0 Å². The summed E-state index contributed by atoms with van der Waals surface area (Å²) in [5.41, 5.74) is -0.989. The van der Waals surface area contributed by atoms with Crippen molar-refractivity contribution in [2.45, 2.75) is 33.7 Å². The van der Waals surface area contributed by atoms with Crippen LogP contribution >= 0.6 is 23.5 Å². The second-order valence-electron chi connectivity index (χ2n) is 4.30. The fourth-order valence-electron chi connectivity index (χ4n) is 1.39. The van der Waals surface area contributed by atoms with Crippen LogP contribution in [0, 0.1) is 0 Å². The van der Waals surface area contributed by atoms with Gasteiger partial charge < -0.3 is 25.2 Å². The van der Waals surface area contributed by atoms with E-state index in [1.807, 2.05) is 0 Å². The largest absolute Gasteiger partial charge is 1.00 e. The first-order valence-corrected chi connectivity index (χ1v) is 8.03. The number of aromatic nitrogens is 3. The van der Waals surface area contributed by atoms with Gasteiger partial charge in [0.25, 0.3) is 0 Å². The van der Waals surface area contributed by atoms with E-state index in [1.54, 1.807) is 0 Å². The van der Waals surface area contributed by atoms with Crippen LogP contribution in [0.25, 0.3) is 0 Å². The number of carbonyl (C=O) groups excluding carboxylic acids is 1. The molecule has 0 saturated heterocycles. The monoisotopic (exact) mass is 415 g/mol. The molecule has 4 N–H and O–H groups in total. The van der Waals surface area contributed by atoms with E-state index in [1.165, 1.54) is 0 Å². The van der Waals surface area contributed by atoms with Gasteiger partial charge in [0.15, 0.2) is 10.3 Å². The molecule has 0 fully saturated rings. The van der Waals surface area contributed by atoms with Crippen LogP contribution in [0.1, 0.15) is 12.8 Å². The quantitative estimate of drug-likeness (QED) is 0.208. The van der Waals surface area contributed by atoms with Crippen molar-refractivity contribution in [3.8, 4) is 0 Å². The number of rotatable bonds is 10. The van der Waals surface area contributed by atoms with E-state index in [-0.39, 0.29) is 34.7 Å². The molecule has 1 aromatic rings. The van der Waals surface area contributed by atoms with Crippen molar-refractivity contribution >= 4 is 47.4 Å². The minimum Gasteiger partial charge on any atom is -0.550 e. The molecule has 0 aromatic carbocycles. The van der Waals surface area contributed by atoms with Gasteiger partial charge in [-0.05, 0) is 0 Å². The molecule has 0 aliphatic heterocycles. The molecule has 0 spiro atoms. The van der Waals surface area contributed by atoms with Crippen molar-refractivity contribution in [3.63, 3.8) is 0 Å². The minimum atomic E-state index is -1.63. The standard InChI is InChI=1S/C11H11N3O9S2.Na/c15-5(16)1-3(7(19)20)24-10-12-9(23)13-11(14-10)25-4(8(21)22)2-6(17)18;/h3-4H,1-2H2,(H,15,16)(H,17,18)(H,19,20)(H,21,22)(H,12,13,14,23);/q;+1/p-1. The van der Waals surface area contributed by atoms with Gasteiger partial charge in [-0.25, -0.2) is 4.79 Å². The first kappa shape index (κ1) is 24.4. The average molecular weight is 415 g/mol. The Bertz CT molecular complexity index is 699. The van der Waals surface area contributed by atoms with Crippen LogP contribution in [-0.4, -0.2) is 64.6 Å². The van der Waals surface area contributed by atoms with Crippen molar-refractivity contribution in [1.82, 2.24) is 15.0 Å². The van der Waals surface area contributed by atoms with Crippen molar-refractivity contribution in [1.29, 1.82) is 0 Å². The maximum Gasteiger partial charge on any atom is 1.00 e. The number of nitrogens with one attached hydrogen (secondary N) is 1. The second-order valence-corrected chi connectivity index (χ2v) is 6.67. The number of hydrogen-bond donors (Lipinski definition) is 4. The molecule has 2 unspecified atom stereocenters. The summed E-state index contributed by atoms with van der Waals surface area (Å²) in [4.78, 5) is 63.9. The normalized spacial score (nSPS) is 12.5. The topological polar surface area (TPSA) is 211 Å². The summed E-state index contributed by atoms with van der Waals surface area (Å²) < 4.78 is 0. The molecule has 15 heteroatoms. The second kappa shape index (κ2) is 11.2. The van der Waals surface area contributed by atoms with Gasteiger partial charge in [-0.1, -0.05) is 23.5 Å². The molecule has 12 nitrogen and oxygen atoms in total. The Labute approximate surface area is 175 Å². The summed E-state index contributed by atoms with van der Waals surface area (Å²) in [6.07, 6.45) is -1.62. The number of aromatic amines is 1. The Morgan fingerprint density at radius 3 is 2.00 bits per heavy atom. The third-order valence-electron chi connectivity index (χ3n) is 2.37. The van der Waals surface area contributed by atoms with Gasteiger partial charge in [0.05, 0.1) is 6.42 Å². The van der Waals surface area contributed by atoms with Gasteiger partial charge in [-0.3, -0.25) is 19.4 Å². The molecule has 0 amide bonds. The van der Waals surface area contributed by atoms with Gasteiger partial charge >= 0.3 is 53.2 Å². The summed E-state index contributed by atoms with van der Waals surface area (Å²) in [7, 11) is 0. The van der Waals surface area contributed by atoms with Gasteiger partial charge in [0.1, 0.15) is 10.5 Å². The van der Waals surface area contributed by atoms with E-state index in [0.717, 1.165) is 0 Å². The Hall–Kier alpha value is -1.61. The number of carboxylic acid groups (broad SMARTS) is 4. The maximum absolute atomic E-state index is 11.5. The molecule has 1 rings (SSSR count). The number of aliphatic carboxylic acids is 4.